The lowest BCUT2D eigenvalue weighted by Gasteiger charge is -2.53. The molecular weight excluding hydrogens is 602 g/mol. The molecule has 242 valence electrons. The minimum Gasteiger partial charge on any atom is -0.381 e. The summed E-state index contributed by atoms with van der Waals surface area (Å²) in [5.41, 5.74) is -0.273. The number of aromatic nitrogens is 1. The van der Waals surface area contributed by atoms with Crippen molar-refractivity contribution in [3.8, 4) is 11.8 Å². The molecule has 1 aromatic heterocycles. The Morgan fingerprint density at radius 3 is 2.39 bits per heavy atom. The largest absolute Gasteiger partial charge is 0.417 e. The highest BCUT2D eigenvalue weighted by molar-refractivity contribution is 6.07. The Hall–Kier alpha value is -4.34. The first kappa shape index (κ1) is 31.6. The normalized spacial score (nSPS) is 19.7. The van der Waals surface area contributed by atoms with Crippen LogP contribution in [0.3, 0.4) is 0 Å². The SMILES string of the molecule is C[C@H]1CN(c2ccc(C#Cc3ccc(F)c(N4CC5(CCOCC5)C4)c3)cc2NC(=O)c2c[nH]c(=O)cc2C(F)(F)F)CCN1C. The number of piperazine rings is 1. The molecule has 6 rings (SSSR count). The lowest BCUT2D eigenvalue weighted by atomic mass is 9.73. The van der Waals surface area contributed by atoms with Crippen LogP contribution in [0.15, 0.2) is 53.5 Å². The molecular formula is C34H35F4N5O3. The summed E-state index contributed by atoms with van der Waals surface area (Å²) in [4.78, 5) is 33.4. The van der Waals surface area contributed by atoms with Crippen LogP contribution in [0.4, 0.5) is 34.6 Å². The molecule has 3 fully saturated rings. The van der Waals surface area contributed by atoms with E-state index in [0.717, 1.165) is 51.9 Å². The first-order chi connectivity index (χ1) is 21.9. The summed E-state index contributed by atoms with van der Waals surface area (Å²) in [6, 6.07) is 10.5. The van der Waals surface area contributed by atoms with Crippen LogP contribution < -0.4 is 20.7 Å². The van der Waals surface area contributed by atoms with Gasteiger partial charge in [-0.3, -0.25) is 9.59 Å². The molecule has 3 aromatic rings. The van der Waals surface area contributed by atoms with E-state index in [0.29, 0.717) is 41.7 Å². The predicted molar refractivity (Wildman–Crippen MR) is 168 cm³/mol. The molecule has 2 N–H and O–H groups in total. The van der Waals surface area contributed by atoms with Crippen LogP contribution >= 0.6 is 0 Å². The number of likely N-dealkylation sites (N-methyl/N-ethyl adjacent to an activating group) is 1. The first-order valence-electron chi connectivity index (χ1n) is 15.3. The van der Waals surface area contributed by atoms with E-state index in [9.17, 15) is 27.2 Å². The quantitative estimate of drug-likeness (QED) is 0.312. The van der Waals surface area contributed by atoms with Crippen molar-refractivity contribution in [2.45, 2.75) is 32.0 Å². The summed E-state index contributed by atoms with van der Waals surface area (Å²) >= 11 is 0. The number of amides is 1. The fraction of sp³-hybridized carbons (Fsp3) is 0.412. The summed E-state index contributed by atoms with van der Waals surface area (Å²) in [7, 11) is 2.02. The lowest BCUT2D eigenvalue weighted by Crippen LogP contribution is -2.58. The number of hydrogen-bond donors (Lipinski definition) is 2. The fourth-order valence-corrected chi connectivity index (χ4v) is 6.37. The molecule has 4 heterocycles. The number of H-pyrrole nitrogens is 1. The number of halogens is 4. The highest BCUT2D eigenvalue weighted by Gasteiger charge is 2.44. The molecule has 2 aromatic carbocycles. The Balaban J connectivity index is 1.29. The van der Waals surface area contributed by atoms with Gasteiger partial charge < -0.3 is 29.7 Å². The van der Waals surface area contributed by atoms with E-state index >= 15 is 0 Å². The zero-order valence-electron chi connectivity index (χ0n) is 25.6. The topological polar surface area (TPSA) is 80.9 Å². The third-order valence-corrected chi connectivity index (χ3v) is 9.26. The van der Waals surface area contributed by atoms with Crippen LogP contribution in [0.1, 0.15) is 46.8 Å². The van der Waals surface area contributed by atoms with Crippen molar-refractivity contribution in [3.63, 3.8) is 0 Å². The molecule has 1 amide bonds. The van der Waals surface area contributed by atoms with Gasteiger partial charge in [0.1, 0.15) is 5.82 Å². The van der Waals surface area contributed by atoms with Gasteiger partial charge in [0.25, 0.3) is 5.91 Å². The minimum absolute atomic E-state index is 0.173. The fourth-order valence-electron chi connectivity index (χ4n) is 6.37. The van der Waals surface area contributed by atoms with E-state index in [1.54, 1.807) is 30.3 Å². The maximum Gasteiger partial charge on any atom is 0.417 e. The van der Waals surface area contributed by atoms with Crippen molar-refractivity contribution in [1.29, 1.82) is 0 Å². The maximum absolute atomic E-state index is 14.8. The van der Waals surface area contributed by atoms with Crippen molar-refractivity contribution < 1.29 is 27.1 Å². The Morgan fingerprint density at radius 2 is 1.70 bits per heavy atom. The number of anilines is 3. The highest BCUT2D eigenvalue weighted by Crippen LogP contribution is 2.43. The number of aromatic amines is 1. The van der Waals surface area contributed by atoms with Gasteiger partial charge in [-0.15, -0.1) is 0 Å². The predicted octanol–water partition coefficient (Wildman–Crippen LogP) is 4.94. The summed E-state index contributed by atoms with van der Waals surface area (Å²) in [5, 5.41) is 2.65. The van der Waals surface area contributed by atoms with E-state index in [4.69, 9.17) is 4.74 Å². The number of ether oxygens (including phenoxy) is 1. The van der Waals surface area contributed by atoms with Gasteiger partial charge in [-0.1, -0.05) is 11.8 Å². The Labute approximate surface area is 264 Å². The number of nitrogens with zero attached hydrogens (tertiary/aromatic N) is 3. The second-order valence-electron chi connectivity index (χ2n) is 12.5. The first-order valence-corrected chi connectivity index (χ1v) is 15.3. The lowest BCUT2D eigenvalue weighted by molar-refractivity contribution is -0.138. The molecule has 0 radical (unpaired) electrons. The molecule has 46 heavy (non-hydrogen) atoms. The van der Waals surface area contributed by atoms with Crippen molar-refractivity contribution in [1.82, 2.24) is 9.88 Å². The van der Waals surface area contributed by atoms with Gasteiger partial charge in [0.05, 0.1) is 28.2 Å². The zero-order chi connectivity index (χ0) is 32.6. The van der Waals surface area contributed by atoms with Crippen LogP contribution in [-0.4, -0.2) is 74.8 Å². The van der Waals surface area contributed by atoms with Crippen LogP contribution in [0.5, 0.6) is 0 Å². The molecule has 3 aliphatic heterocycles. The van der Waals surface area contributed by atoms with Crippen molar-refractivity contribution in [3.05, 3.63) is 87.1 Å². The van der Waals surface area contributed by atoms with Crippen LogP contribution in [0.2, 0.25) is 0 Å². The van der Waals surface area contributed by atoms with E-state index < -0.39 is 28.8 Å². The van der Waals surface area contributed by atoms with Gasteiger partial charge in [0.2, 0.25) is 5.56 Å². The third kappa shape index (κ3) is 6.62. The van der Waals surface area contributed by atoms with E-state index in [1.807, 2.05) is 11.9 Å². The third-order valence-electron chi connectivity index (χ3n) is 9.26. The van der Waals surface area contributed by atoms with Crippen molar-refractivity contribution in [2.75, 3.05) is 68.1 Å². The Morgan fingerprint density at radius 1 is 1.00 bits per heavy atom. The van der Waals surface area contributed by atoms with Gasteiger partial charge in [-0.05, 0) is 63.2 Å². The minimum atomic E-state index is -4.90. The number of pyridine rings is 1. The molecule has 8 nitrogen and oxygen atoms in total. The second-order valence-corrected chi connectivity index (χ2v) is 12.5. The molecule has 12 heteroatoms. The smallest absolute Gasteiger partial charge is 0.381 e. The van der Waals surface area contributed by atoms with Gasteiger partial charge in [0.15, 0.2) is 0 Å². The van der Waals surface area contributed by atoms with Gasteiger partial charge in [0, 0.05) is 80.8 Å². The van der Waals surface area contributed by atoms with E-state index in [2.05, 4.69) is 38.9 Å². The number of carbonyl (C=O) groups excluding carboxylic acids is 1. The van der Waals surface area contributed by atoms with E-state index in [1.165, 1.54) is 6.07 Å². The monoisotopic (exact) mass is 637 g/mol. The molecule has 3 aliphatic rings. The molecule has 1 atom stereocenters. The number of rotatable bonds is 4. The average Bonchev–Trinajstić information content (AvgIpc) is 3.01. The standard InChI is InChI=1S/C34H35F4N5O3/c1-22-19-42(12-11-41(22)2)29-8-6-23(15-28(29)40-32(45)25-18-39-31(44)17-26(25)34(36,37)38)3-4-24-5-7-27(35)30(16-24)43-20-33(21-43)9-13-46-14-10-33/h5-8,15-18,22H,9-14,19-21H2,1-2H3,(H,39,44)(H,40,45)/t22-/m0/s1. The number of nitrogens with one attached hydrogen (secondary N) is 2. The highest BCUT2D eigenvalue weighted by atomic mass is 19.4. The van der Waals surface area contributed by atoms with E-state index in [-0.39, 0.29) is 23.0 Å². The molecule has 0 saturated carbocycles. The number of hydrogen-bond acceptors (Lipinski definition) is 6. The van der Waals surface area contributed by atoms with Gasteiger partial charge in [-0.2, -0.15) is 13.2 Å². The average molecular weight is 638 g/mol. The summed E-state index contributed by atoms with van der Waals surface area (Å²) in [5.74, 6) is 4.81. The van der Waals surface area contributed by atoms with Crippen LogP contribution in [0.25, 0.3) is 0 Å². The Kier molecular flexibility index (Phi) is 8.56. The van der Waals surface area contributed by atoms with Crippen LogP contribution in [-0.2, 0) is 10.9 Å². The molecule has 0 aliphatic carbocycles. The number of benzene rings is 2. The molecule has 0 unspecified atom stereocenters. The summed E-state index contributed by atoms with van der Waals surface area (Å²) in [6.07, 6.45) is -2.20. The number of carbonyl (C=O) groups is 1. The van der Waals surface area contributed by atoms with Crippen molar-refractivity contribution in [2.24, 2.45) is 5.41 Å². The zero-order valence-corrected chi connectivity index (χ0v) is 25.6. The van der Waals surface area contributed by atoms with Gasteiger partial charge >= 0.3 is 6.18 Å². The van der Waals surface area contributed by atoms with Crippen molar-refractivity contribution >= 4 is 23.0 Å². The Bertz CT molecular complexity index is 1750. The second kappa shape index (κ2) is 12.5. The summed E-state index contributed by atoms with van der Waals surface area (Å²) in [6.45, 7) is 7.10. The number of alkyl halides is 3. The molecule has 0 bridgehead atoms. The van der Waals surface area contributed by atoms with Crippen LogP contribution in [0, 0.1) is 23.1 Å². The van der Waals surface area contributed by atoms with Gasteiger partial charge in [-0.25, -0.2) is 4.39 Å². The molecule has 3 saturated heterocycles. The summed E-state index contributed by atoms with van der Waals surface area (Å²) < 4.78 is 61.5. The molecule has 1 spiro atoms. The maximum atomic E-state index is 14.8.